The van der Waals surface area contributed by atoms with Crippen LogP contribution in [0.1, 0.15) is 15.9 Å². The lowest BCUT2D eigenvalue weighted by molar-refractivity contribution is -0.138. The quantitative estimate of drug-likeness (QED) is 0.748. The maximum absolute atomic E-state index is 12.8. The first kappa shape index (κ1) is 16.0. The third-order valence-electron chi connectivity index (χ3n) is 2.50. The number of halogens is 5. The second kappa shape index (κ2) is 6.15. The van der Waals surface area contributed by atoms with Crippen LogP contribution in [-0.2, 0) is 6.18 Å². The predicted molar refractivity (Wildman–Crippen MR) is 79.0 cm³/mol. The molecule has 0 unspecified atom stereocenters. The van der Waals surface area contributed by atoms with Crippen LogP contribution >= 0.6 is 31.9 Å². The van der Waals surface area contributed by atoms with E-state index in [1.165, 1.54) is 18.3 Å². The van der Waals surface area contributed by atoms with Crippen LogP contribution in [0.5, 0.6) is 0 Å². The molecule has 0 aliphatic heterocycles. The van der Waals surface area contributed by atoms with E-state index in [1.807, 2.05) is 0 Å². The monoisotopic (exact) mass is 422 g/mol. The molecule has 0 aliphatic carbocycles. The first-order valence-corrected chi connectivity index (χ1v) is 7.15. The van der Waals surface area contributed by atoms with Crippen molar-refractivity contribution < 1.29 is 18.0 Å². The third kappa shape index (κ3) is 4.04. The fraction of sp³-hybridized carbons (Fsp3) is 0.0769. The highest BCUT2D eigenvalue weighted by atomic mass is 79.9. The summed E-state index contributed by atoms with van der Waals surface area (Å²) in [4.78, 5) is 15.9. The number of nitrogens with one attached hydrogen (secondary N) is 1. The number of aromatic nitrogens is 1. The van der Waals surface area contributed by atoms with Crippen molar-refractivity contribution in [3.05, 3.63) is 56.6 Å². The number of rotatable bonds is 2. The Morgan fingerprint density at radius 2 is 1.86 bits per heavy atom. The van der Waals surface area contributed by atoms with E-state index in [-0.39, 0.29) is 15.9 Å². The molecule has 0 fully saturated rings. The van der Waals surface area contributed by atoms with Gasteiger partial charge in [0.15, 0.2) is 0 Å². The number of nitrogens with zero attached hydrogens (tertiary/aromatic N) is 1. The van der Waals surface area contributed by atoms with Crippen molar-refractivity contribution in [2.24, 2.45) is 0 Å². The van der Waals surface area contributed by atoms with Gasteiger partial charge in [0, 0.05) is 20.7 Å². The van der Waals surface area contributed by atoms with Gasteiger partial charge in [0.25, 0.3) is 5.91 Å². The lowest BCUT2D eigenvalue weighted by atomic mass is 10.1. The Labute approximate surface area is 134 Å². The van der Waals surface area contributed by atoms with Gasteiger partial charge in [-0.25, -0.2) is 4.98 Å². The lowest BCUT2D eigenvalue weighted by Crippen LogP contribution is -2.15. The first-order valence-electron chi connectivity index (χ1n) is 5.57. The largest absolute Gasteiger partial charge is 0.417 e. The minimum absolute atomic E-state index is 0.104. The molecule has 110 valence electrons. The first-order chi connectivity index (χ1) is 9.77. The van der Waals surface area contributed by atoms with Crippen LogP contribution in [0.2, 0.25) is 0 Å². The highest BCUT2D eigenvalue weighted by Crippen LogP contribution is 2.35. The molecule has 0 aliphatic rings. The zero-order valence-corrected chi connectivity index (χ0v) is 13.4. The second-order valence-electron chi connectivity index (χ2n) is 4.01. The van der Waals surface area contributed by atoms with Gasteiger partial charge in [0.05, 0.1) is 5.56 Å². The number of carbonyl (C=O) groups is 1. The molecule has 3 nitrogen and oxygen atoms in total. The number of amides is 1. The molecule has 8 heteroatoms. The van der Waals surface area contributed by atoms with E-state index in [0.29, 0.717) is 4.47 Å². The number of alkyl halides is 3. The van der Waals surface area contributed by atoms with Crippen LogP contribution in [0, 0.1) is 0 Å². The van der Waals surface area contributed by atoms with Crippen LogP contribution < -0.4 is 5.32 Å². The predicted octanol–water partition coefficient (Wildman–Crippen LogP) is 4.88. The summed E-state index contributed by atoms with van der Waals surface area (Å²) in [5.74, 6) is -0.426. The van der Waals surface area contributed by atoms with Gasteiger partial charge in [0.2, 0.25) is 0 Å². The summed E-state index contributed by atoms with van der Waals surface area (Å²) < 4.78 is 39.0. The molecule has 2 aromatic rings. The molecule has 2 rings (SSSR count). The van der Waals surface area contributed by atoms with E-state index in [2.05, 4.69) is 42.2 Å². The van der Waals surface area contributed by atoms with E-state index < -0.39 is 17.6 Å². The SMILES string of the molecule is O=C(Nc1cc(Br)ccn1)c1ccc(Br)c(C(F)(F)F)c1. The molecule has 1 aromatic carbocycles. The van der Waals surface area contributed by atoms with Crippen molar-refractivity contribution in [3.63, 3.8) is 0 Å². The number of hydrogen-bond acceptors (Lipinski definition) is 2. The van der Waals surface area contributed by atoms with Gasteiger partial charge in [0.1, 0.15) is 5.82 Å². The second-order valence-corrected chi connectivity index (χ2v) is 5.78. The molecule has 0 atom stereocenters. The number of pyridine rings is 1. The molecule has 0 bridgehead atoms. The minimum atomic E-state index is -4.54. The summed E-state index contributed by atoms with van der Waals surface area (Å²) in [7, 11) is 0. The van der Waals surface area contributed by atoms with Gasteiger partial charge >= 0.3 is 6.18 Å². The normalized spacial score (nSPS) is 11.3. The van der Waals surface area contributed by atoms with E-state index in [4.69, 9.17) is 0 Å². The van der Waals surface area contributed by atoms with Gasteiger partial charge in [-0.3, -0.25) is 4.79 Å². The molecule has 1 aromatic heterocycles. The molecule has 0 saturated heterocycles. The average Bonchev–Trinajstić information content (AvgIpc) is 2.37. The van der Waals surface area contributed by atoms with Crippen LogP contribution in [0.15, 0.2) is 45.5 Å². The molecule has 1 N–H and O–H groups in total. The Morgan fingerprint density at radius 3 is 2.48 bits per heavy atom. The maximum atomic E-state index is 12.8. The van der Waals surface area contributed by atoms with Gasteiger partial charge in [-0.05, 0) is 30.3 Å². The summed E-state index contributed by atoms with van der Waals surface area (Å²) in [6.45, 7) is 0. The summed E-state index contributed by atoms with van der Waals surface area (Å²) >= 11 is 6.03. The molecule has 0 saturated carbocycles. The number of hydrogen-bond donors (Lipinski definition) is 1. The maximum Gasteiger partial charge on any atom is 0.417 e. The summed E-state index contributed by atoms with van der Waals surface area (Å²) in [5.41, 5.74) is -1.01. The molecule has 1 heterocycles. The topological polar surface area (TPSA) is 42.0 Å². The third-order valence-corrected chi connectivity index (χ3v) is 3.68. The highest BCUT2D eigenvalue weighted by Gasteiger charge is 2.33. The van der Waals surface area contributed by atoms with Crippen molar-refractivity contribution in [1.29, 1.82) is 0 Å². The highest BCUT2D eigenvalue weighted by molar-refractivity contribution is 9.10. The van der Waals surface area contributed by atoms with Gasteiger partial charge < -0.3 is 5.32 Å². The molecule has 0 radical (unpaired) electrons. The Hall–Kier alpha value is -1.41. The lowest BCUT2D eigenvalue weighted by Gasteiger charge is -2.11. The minimum Gasteiger partial charge on any atom is -0.307 e. The van der Waals surface area contributed by atoms with Crippen molar-refractivity contribution >= 4 is 43.6 Å². The fourth-order valence-corrected chi connectivity index (χ4v) is 2.35. The van der Waals surface area contributed by atoms with Gasteiger partial charge in [-0.15, -0.1) is 0 Å². The smallest absolute Gasteiger partial charge is 0.307 e. The Bertz CT molecular complexity index is 689. The molecule has 21 heavy (non-hydrogen) atoms. The van der Waals surface area contributed by atoms with E-state index in [0.717, 1.165) is 6.07 Å². The van der Waals surface area contributed by atoms with E-state index in [1.54, 1.807) is 12.1 Å². The zero-order chi connectivity index (χ0) is 15.6. The van der Waals surface area contributed by atoms with Crippen molar-refractivity contribution in [3.8, 4) is 0 Å². The van der Waals surface area contributed by atoms with E-state index in [9.17, 15) is 18.0 Å². The molecular formula is C13H7Br2F3N2O. The van der Waals surface area contributed by atoms with Crippen LogP contribution in [0.4, 0.5) is 19.0 Å². The van der Waals surface area contributed by atoms with Crippen molar-refractivity contribution in [1.82, 2.24) is 4.98 Å². The van der Waals surface area contributed by atoms with Crippen molar-refractivity contribution in [2.45, 2.75) is 6.18 Å². The zero-order valence-electron chi connectivity index (χ0n) is 10.2. The Balaban J connectivity index is 2.28. The molecule has 0 spiro atoms. The Morgan fingerprint density at radius 1 is 1.14 bits per heavy atom. The van der Waals surface area contributed by atoms with Crippen LogP contribution in [0.3, 0.4) is 0 Å². The van der Waals surface area contributed by atoms with Crippen LogP contribution in [0.25, 0.3) is 0 Å². The van der Waals surface area contributed by atoms with Gasteiger partial charge in [-0.1, -0.05) is 31.9 Å². The molecular weight excluding hydrogens is 417 g/mol. The van der Waals surface area contributed by atoms with Gasteiger partial charge in [-0.2, -0.15) is 13.2 Å². The van der Waals surface area contributed by atoms with Crippen LogP contribution in [-0.4, -0.2) is 10.9 Å². The average molecular weight is 424 g/mol. The number of anilines is 1. The fourth-order valence-electron chi connectivity index (χ4n) is 1.55. The number of carbonyl (C=O) groups excluding carboxylic acids is 1. The summed E-state index contributed by atoms with van der Waals surface area (Å²) in [6.07, 6.45) is -3.08. The summed E-state index contributed by atoms with van der Waals surface area (Å²) in [6, 6.07) is 6.48. The molecule has 1 amide bonds. The standard InChI is InChI=1S/C13H7Br2F3N2O/c14-8-3-4-19-11(6-8)20-12(21)7-1-2-10(15)9(5-7)13(16,17)18/h1-6H,(H,19,20,21). The summed E-state index contributed by atoms with van der Waals surface area (Å²) in [5, 5.41) is 2.43. The Kier molecular flexibility index (Phi) is 4.67. The van der Waals surface area contributed by atoms with E-state index >= 15 is 0 Å². The number of benzene rings is 1. The van der Waals surface area contributed by atoms with Crippen molar-refractivity contribution in [2.75, 3.05) is 5.32 Å².